The van der Waals surface area contributed by atoms with Gasteiger partial charge in [-0.3, -0.25) is 4.79 Å². The summed E-state index contributed by atoms with van der Waals surface area (Å²) in [6, 6.07) is 12.2. The predicted octanol–water partition coefficient (Wildman–Crippen LogP) is 2.71. The van der Waals surface area contributed by atoms with Crippen molar-refractivity contribution in [2.45, 2.75) is 4.90 Å². The lowest BCUT2D eigenvalue weighted by Gasteiger charge is -2.36. The average molecular weight is 409 g/mol. The van der Waals surface area contributed by atoms with Crippen LogP contribution in [0.1, 0.15) is 10.4 Å². The van der Waals surface area contributed by atoms with Gasteiger partial charge in [-0.1, -0.05) is 17.7 Å². The van der Waals surface area contributed by atoms with E-state index in [9.17, 15) is 13.2 Å². The molecule has 6 nitrogen and oxygen atoms in total. The summed E-state index contributed by atoms with van der Waals surface area (Å²) in [5.41, 5.74) is 1.38. The smallest absolute Gasteiger partial charge is 0.254 e. The number of carbonyl (C=O) groups excluding carboxylic acids is 1. The van der Waals surface area contributed by atoms with E-state index in [2.05, 4.69) is 4.90 Å². The zero-order chi connectivity index (χ0) is 19.6. The van der Waals surface area contributed by atoms with Crippen LogP contribution in [0.5, 0.6) is 5.75 Å². The molecular formula is C19H21ClN2O4S. The molecule has 1 aliphatic rings. The molecule has 0 atom stereocenters. The van der Waals surface area contributed by atoms with Gasteiger partial charge in [0, 0.05) is 49.8 Å². The minimum Gasteiger partial charge on any atom is -0.497 e. The number of rotatable bonds is 4. The SMILES string of the molecule is COc1cccc(N2CCN(C(=O)c3ccc(Cl)c(S(C)(=O)=O)c3)CC2)c1. The number of halogens is 1. The fraction of sp³-hybridized carbons (Fsp3) is 0.316. The number of anilines is 1. The fourth-order valence-corrected chi connectivity index (χ4v) is 4.38. The highest BCUT2D eigenvalue weighted by Gasteiger charge is 2.24. The molecule has 0 aliphatic carbocycles. The molecule has 1 fully saturated rings. The number of sulfone groups is 1. The topological polar surface area (TPSA) is 66.9 Å². The second-order valence-electron chi connectivity index (χ2n) is 6.40. The molecule has 0 unspecified atom stereocenters. The number of amides is 1. The van der Waals surface area contributed by atoms with Gasteiger partial charge in [-0.15, -0.1) is 0 Å². The summed E-state index contributed by atoms with van der Waals surface area (Å²) >= 11 is 5.96. The zero-order valence-corrected chi connectivity index (χ0v) is 16.8. The molecule has 0 aromatic heterocycles. The van der Waals surface area contributed by atoms with Gasteiger partial charge in [0.2, 0.25) is 0 Å². The summed E-state index contributed by atoms with van der Waals surface area (Å²) in [6.45, 7) is 2.47. The minimum absolute atomic E-state index is 0.0231. The van der Waals surface area contributed by atoms with Gasteiger partial charge in [0.05, 0.1) is 17.0 Å². The third-order valence-electron chi connectivity index (χ3n) is 4.56. The highest BCUT2D eigenvalue weighted by atomic mass is 35.5. The van der Waals surface area contributed by atoms with Crippen molar-refractivity contribution in [1.82, 2.24) is 4.90 Å². The van der Waals surface area contributed by atoms with E-state index in [0.29, 0.717) is 31.7 Å². The number of hydrogen-bond donors (Lipinski definition) is 0. The van der Waals surface area contributed by atoms with Gasteiger partial charge in [-0.05, 0) is 30.3 Å². The number of ether oxygens (including phenoxy) is 1. The summed E-state index contributed by atoms with van der Waals surface area (Å²) in [5, 5.41) is 0.122. The maximum absolute atomic E-state index is 12.8. The van der Waals surface area contributed by atoms with Gasteiger partial charge in [-0.25, -0.2) is 8.42 Å². The van der Waals surface area contributed by atoms with Gasteiger partial charge in [0.25, 0.3) is 5.91 Å². The van der Waals surface area contributed by atoms with Crippen molar-refractivity contribution in [2.24, 2.45) is 0 Å². The first-order valence-electron chi connectivity index (χ1n) is 8.47. The number of benzene rings is 2. The first kappa shape index (κ1) is 19.5. The molecule has 1 amide bonds. The molecule has 0 saturated carbocycles. The van der Waals surface area contributed by atoms with Gasteiger partial charge in [0.1, 0.15) is 5.75 Å². The van der Waals surface area contributed by atoms with Crippen LogP contribution in [0.15, 0.2) is 47.4 Å². The number of hydrogen-bond acceptors (Lipinski definition) is 5. The molecule has 0 bridgehead atoms. The van der Waals surface area contributed by atoms with E-state index in [4.69, 9.17) is 16.3 Å². The molecule has 0 N–H and O–H groups in total. The normalized spacial score (nSPS) is 14.9. The molecule has 1 aliphatic heterocycles. The van der Waals surface area contributed by atoms with Gasteiger partial charge < -0.3 is 14.5 Å². The van der Waals surface area contributed by atoms with Crippen molar-refractivity contribution < 1.29 is 17.9 Å². The van der Waals surface area contributed by atoms with E-state index in [0.717, 1.165) is 17.7 Å². The Kier molecular flexibility index (Phi) is 5.62. The predicted molar refractivity (Wildman–Crippen MR) is 106 cm³/mol. The molecule has 8 heteroatoms. The van der Waals surface area contributed by atoms with Crippen molar-refractivity contribution in [3.8, 4) is 5.75 Å². The van der Waals surface area contributed by atoms with Crippen molar-refractivity contribution >= 4 is 33.0 Å². The van der Waals surface area contributed by atoms with Gasteiger partial charge >= 0.3 is 0 Å². The Morgan fingerprint density at radius 1 is 1.07 bits per heavy atom. The average Bonchev–Trinajstić information content (AvgIpc) is 2.67. The largest absolute Gasteiger partial charge is 0.497 e. The van der Waals surface area contributed by atoms with Crippen molar-refractivity contribution in [3.05, 3.63) is 53.1 Å². The number of piperazine rings is 1. The minimum atomic E-state index is -3.49. The summed E-state index contributed by atoms with van der Waals surface area (Å²) in [5.74, 6) is 0.599. The van der Waals surface area contributed by atoms with E-state index in [1.165, 1.54) is 12.1 Å². The van der Waals surface area contributed by atoms with Crippen molar-refractivity contribution in [3.63, 3.8) is 0 Å². The first-order chi connectivity index (χ1) is 12.8. The molecule has 1 heterocycles. The molecule has 0 spiro atoms. The Bertz CT molecular complexity index is 954. The maximum atomic E-state index is 12.8. The van der Waals surface area contributed by atoms with Gasteiger partial charge in [-0.2, -0.15) is 0 Å². The molecular weight excluding hydrogens is 388 g/mol. The molecule has 144 valence electrons. The standard InChI is InChI=1S/C19H21ClN2O4S/c1-26-16-5-3-4-15(13-16)21-8-10-22(11-9-21)19(23)14-6-7-17(20)18(12-14)27(2,24)25/h3-7,12-13H,8-11H2,1-2H3. The quantitative estimate of drug-likeness (QED) is 0.778. The Balaban J connectivity index is 1.72. The van der Waals surface area contributed by atoms with Crippen LogP contribution >= 0.6 is 11.6 Å². The highest BCUT2D eigenvalue weighted by molar-refractivity contribution is 7.90. The lowest BCUT2D eigenvalue weighted by Crippen LogP contribution is -2.48. The summed E-state index contributed by atoms with van der Waals surface area (Å²) in [6.07, 6.45) is 1.08. The van der Waals surface area contributed by atoms with Crippen LogP contribution in [0.25, 0.3) is 0 Å². The summed E-state index contributed by atoms with van der Waals surface area (Å²) in [4.78, 5) is 16.7. The van der Waals surface area contributed by atoms with Crippen LogP contribution in [0.2, 0.25) is 5.02 Å². The fourth-order valence-electron chi connectivity index (χ4n) is 3.08. The lowest BCUT2D eigenvalue weighted by molar-refractivity contribution is 0.0746. The van der Waals surface area contributed by atoms with Crippen LogP contribution in [-0.2, 0) is 9.84 Å². The maximum Gasteiger partial charge on any atom is 0.254 e. The number of methoxy groups -OCH3 is 1. The van der Waals surface area contributed by atoms with E-state index < -0.39 is 9.84 Å². The van der Waals surface area contributed by atoms with Crippen LogP contribution in [0.3, 0.4) is 0 Å². The third-order valence-corrected chi connectivity index (χ3v) is 6.14. The molecule has 3 rings (SSSR count). The second kappa shape index (κ2) is 7.78. The van der Waals surface area contributed by atoms with E-state index in [1.807, 2.05) is 24.3 Å². The van der Waals surface area contributed by atoms with E-state index >= 15 is 0 Å². The Hall–Kier alpha value is -2.25. The van der Waals surface area contributed by atoms with Crippen LogP contribution in [-0.4, -0.2) is 58.8 Å². The molecule has 2 aromatic rings. The second-order valence-corrected chi connectivity index (χ2v) is 8.79. The Morgan fingerprint density at radius 3 is 2.41 bits per heavy atom. The monoisotopic (exact) mass is 408 g/mol. The number of nitrogens with zero attached hydrogens (tertiary/aromatic N) is 2. The molecule has 1 saturated heterocycles. The van der Waals surface area contributed by atoms with E-state index in [-0.39, 0.29) is 15.8 Å². The van der Waals surface area contributed by atoms with Gasteiger partial charge in [0.15, 0.2) is 9.84 Å². The first-order valence-corrected chi connectivity index (χ1v) is 10.7. The molecule has 27 heavy (non-hydrogen) atoms. The van der Waals surface area contributed by atoms with E-state index in [1.54, 1.807) is 18.1 Å². The summed E-state index contributed by atoms with van der Waals surface area (Å²) < 4.78 is 28.9. The van der Waals surface area contributed by atoms with Crippen LogP contribution in [0.4, 0.5) is 5.69 Å². The third kappa shape index (κ3) is 4.36. The molecule has 2 aromatic carbocycles. The van der Waals surface area contributed by atoms with Crippen molar-refractivity contribution in [1.29, 1.82) is 0 Å². The highest BCUT2D eigenvalue weighted by Crippen LogP contribution is 2.25. The van der Waals surface area contributed by atoms with Crippen LogP contribution in [0, 0.1) is 0 Å². The van der Waals surface area contributed by atoms with Crippen molar-refractivity contribution in [2.75, 3.05) is 44.4 Å². The molecule has 0 radical (unpaired) electrons. The zero-order valence-electron chi connectivity index (χ0n) is 15.2. The Morgan fingerprint density at radius 2 is 1.78 bits per heavy atom. The Labute approximate surface area is 164 Å². The van der Waals surface area contributed by atoms with Crippen LogP contribution < -0.4 is 9.64 Å². The number of carbonyl (C=O) groups is 1. The lowest BCUT2D eigenvalue weighted by atomic mass is 10.1. The summed E-state index contributed by atoms with van der Waals surface area (Å²) in [7, 11) is -1.86.